The lowest BCUT2D eigenvalue weighted by molar-refractivity contribution is 0.0945. The summed E-state index contributed by atoms with van der Waals surface area (Å²) in [7, 11) is 0. The van der Waals surface area contributed by atoms with Crippen LogP contribution in [0.2, 0.25) is 0 Å². The van der Waals surface area contributed by atoms with E-state index in [9.17, 15) is 4.79 Å². The predicted octanol–water partition coefficient (Wildman–Crippen LogP) is 2.56. The molecule has 0 radical (unpaired) electrons. The molecule has 6 nitrogen and oxygen atoms in total. The van der Waals surface area contributed by atoms with Gasteiger partial charge in [-0.3, -0.25) is 4.79 Å². The van der Waals surface area contributed by atoms with Crippen molar-refractivity contribution in [2.45, 2.75) is 19.4 Å². The predicted molar refractivity (Wildman–Crippen MR) is 96.4 cm³/mol. The molecule has 6 heteroatoms. The molecule has 0 saturated carbocycles. The van der Waals surface area contributed by atoms with Gasteiger partial charge in [-0.2, -0.15) is 0 Å². The molecule has 3 aromatic rings. The lowest BCUT2D eigenvalue weighted by atomic mass is 10.2. The van der Waals surface area contributed by atoms with E-state index in [-0.39, 0.29) is 12.5 Å². The summed E-state index contributed by atoms with van der Waals surface area (Å²) < 4.78 is 0. The molecule has 126 valence electrons. The highest BCUT2D eigenvalue weighted by Crippen LogP contribution is 2.17. The van der Waals surface area contributed by atoms with Crippen molar-refractivity contribution in [3.63, 3.8) is 0 Å². The average Bonchev–Trinajstić information content (AvgIpc) is 3.21. The van der Waals surface area contributed by atoms with Gasteiger partial charge in [-0.15, -0.1) is 0 Å². The summed E-state index contributed by atoms with van der Waals surface area (Å²) in [5.41, 5.74) is 1.21. The van der Waals surface area contributed by atoms with Crippen LogP contribution in [0.1, 0.15) is 29.2 Å². The van der Waals surface area contributed by atoms with Gasteiger partial charge in [-0.25, -0.2) is 15.0 Å². The quantitative estimate of drug-likeness (QED) is 0.794. The minimum absolute atomic E-state index is 0.221. The van der Waals surface area contributed by atoms with Gasteiger partial charge in [0.2, 0.25) is 0 Å². The SMILES string of the molecule is O=C(NCc1nccc(N2CCCC2)n1)c1ccc2ccccc2n1. The van der Waals surface area contributed by atoms with Crippen LogP contribution < -0.4 is 10.2 Å². The van der Waals surface area contributed by atoms with Crippen LogP contribution in [-0.4, -0.2) is 33.9 Å². The Morgan fingerprint density at radius 2 is 1.88 bits per heavy atom. The van der Waals surface area contributed by atoms with Crippen molar-refractivity contribution in [3.8, 4) is 0 Å². The Bertz CT molecular complexity index is 905. The van der Waals surface area contributed by atoms with Gasteiger partial charge in [0, 0.05) is 24.7 Å². The number of aromatic nitrogens is 3. The molecule has 1 amide bonds. The number of carbonyl (C=O) groups is 1. The van der Waals surface area contributed by atoms with Crippen molar-refractivity contribution < 1.29 is 4.79 Å². The minimum atomic E-state index is -0.221. The third kappa shape index (κ3) is 3.42. The van der Waals surface area contributed by atoms with Crippen LogP contribution in [0, 0.1) is 0 Å². The summed E-state index contributed by atoms with van der Waals surface area (Å²) >= 11 is 0. The van der Waals surface area contributed by atoms with Crippen molar-refractivity contribution in [3.05, 3.63) is 60.2 Å². The fourth-order valence-corrected chi connectivity index (χ4v) is 3.04. The van der Waals surface area contributed by atoms with E-state index in [1.165, 1.54) is 12.8 Å². The number of hydrogen-bond acceptors (Lipinski definition) is 5. The summed E-state index contributed by atoms with van der Waals surface area (Å²) in [5, 5.41) is 3.87. The number of hydrogen-bond donors (Lipinski definition) is 1. The summed E-state index contributed by atoms with van der Waals surface area (Å²) in [5.74, 6) is 1.32. The molecular formula is C19H19N5O. The van der Waals surface area contributed by atoms with Crippen LogP contribution in [0.15, 0.2) is 48.7 Å². The second kappa shape index (κ2) is 6.84. The standard InChI is InChI=1S/C19H19N5O/c25-19(16-8-7-14-5-1-2-6-15(14)22-16)21-13-17-20-10-9-18(23-17)24-11-3-4-12-24/h1-2,5-10H,3-4,11-13H2,(H,21,25). The molecule has 1 aliphatic rings. The van der Waals surface area contributed by atoms with Crippen LogP contribution in [0.4, 0.5) is 5.82 Å². The Labute approximate surface area is 145 Å². The molecular weight excluding hydrogens is 314 g/mol. The number of rotatable bonds is 4. The molecule has 0 aliphatic carbocycles. The summed E-state index contributed by atoms with van der Waals surface area (Å²) in [4.78, 5) is 27.8. The molecule has 1 aromatic carbocycles. The first-order valence-corrected chi connectivity index (χ1v) is 8.50. The van der Waals surface area contributed by atoms with E-state index >= 15 is 0 Å². The zero-order valence-corrected chi connectivity index (χ0v) is 13.9. The fourth-order valence-electron chi connectivity index (χ4n) is 3.04. The maximum atomic E-state index is 12.4. The van der Waals surface area contributed by atoms with E-state index < -0.39 is 0 Å². The number of nitrogens with one attached hydrogen (secondary N) is 1. The van der Waals surface area contributed by atoms with Gasteiger partial charge in [0.15, 0.2) is 0 Å². The highest BCUT2D eigenvalue weighted by molar-refractivity contribution is 5.94. The molecule has 1 fully saturated rings. The lowest BCUT2D eigenvalue weighted by Gasteiger charge is -2.16. The topological polar surface area (TPSA) is 71.0 Å². The number of nitrogens with zero attached hydrogens (tertiary/aromatic N) is 4. The van der Waals surface area contributed by atoms with E-state index in [0.29, 0.717) is 11.5 Å². The molecule has 0 unspecified atom stereocenters. The first-order valence-electron chi connectivity index (χ1n) is 8.50. The molecule has 0 spiro atoms. The minimum Gasteiger partial charge on any atom is -0.357 e. The second-order valence-corrected chi connectivity index (χ2v) is 6.10. The Morgan fingerprint density at radius 1 is 1.04 bits per heavy atom. The van der Waals surface area contributed by atoms with Crippen LogP contribution in [0.3, 0.4) is 0 Å². The first-order chi connectivity index (χ1) is 12.3. The van der Waals surface area contributed by atoms with E-state index in [2.05, 4.69) is 25.2 Å². The average molecular weight is 333 g/mol. The highest BCUT2D eigenvalue weighted by Gasteiger charge is 2.14. The number of para-hydroxylation sites is 1. The Morgan fingerprint density at radius 3 is 2.76 bits per heavy atom. The zero-order valence-electron chi connectivity index (χ0n) is 13.9. The normalized spacial score (nSPS) is 14.0. The van der Waals surface area contributed by atoms with Gasteiger partial charge < -0.3 is 10.2 Å². The van der Waals surface area contributed by atoms with Gasteiger partial charge in [0.1, 0.15) is 17.3 Å². The lowest BCUT2D eigenvalue weighted by Crippen LogP contribution is -2.26. The maximum Gasteiger partial charge on any atom is 0.270 e. The molecule has 1 N–H and O–H groups in total. The number of carbonyl (C=O) groups excluding carboxylic acids is 1. The van der Waals surface area contributed by atoms with E-state index in [4.69, 9.17) is 0 Å². The molecule has 25 heavy (non-hydrogen) atoms. The third-order valence-corrected chi connectivity index (χ3v) is 4.36. The van der Waals surface area contributed by atoms with Gasteiger partial charge >= 0.3 is 0 Å². The first kappa shape index (κ1) is 15.5. The van der Waals surface area contributed by atoms with Crippen molar-refractivity contribution in [2.75, 3.05) is 18.0 Å². The van der Waals surface area contributed by atoms with E-state index in [1.807, 2.05) is 36.4 Å². The monoisotopic (exact) mass is 333 g/mol. The van der Waals surface area contributed by atoms with Crippen molar-refractivity contribution in [1.29, 1.82) is 0 Å². The second-order valence-electron chi connectivity index (χ2n) is 6.10. The third-order valence-electron chi connectivity index (χ3n) is 4.36. The Kier molecular flexibility index (Phi) is 4.24. The number of anilines is 1. The summed E-state index contributed by atoms with van der Waals surface area (Å²) in [6, 6.07) is 13.3. The molecule has 0 atom stereocenters. The van der Waals surface area contributed by atoms with E-state index in [0.717, 1.165) is 29.8 Å². The zero-order chi connectivity index (χ0) is 17.1. The molecule has 3 heterocycles. The molecule has 1 aliphatic heterocycles. The number of amides is 1. The number of benzene rings is 1. The van der Waals surface area contributed by atoms with E-state index in [1.54, 1.807) is 12.3 Å². The molecule has 4 rings (SSSR count). The highest BCUT2D eigenvalue weighted by atomic mass is 16.1. The summed E-state index contributed by atoms with van der Waals surface area (Å²) in [6.07, 6.45) is 4.14. The number of fused-ring (bicyclic) bond motifs is 1. The van der Waals surface area contributed by atoms with Crippen LogP contribution >= 0.6 is 0 Å². The molecule has 0 bridgehead atoms. The Balaban J connectivity index is 1.45. The van der Waals surface area contributed by atoms with Gasteiger partial charge in [-0.05, 0) is 31.0 Å². The van der Waals surface area contributed by atoms with Crippen molar-refractivity contribution in [1.82, 2.24) is 20.3 Å². The van der Waals surface area contributed by atoms with Gasteiger partial charge in [0.25, 0.3) is 5.91 Å². The summed E-state index contributed by atoms with van der Waals surface area (Å²) in [6.45, 7) is 2.35. The fraction of sp³-hybridized carbons (Fsp3) is 0.263. The van der Waals surface area contributed by atoms with Crippen LogP contribution in [0.25, 0.3) is 10.9 Å². The molecule has 2 aromatic heterocycles. The number of pyridine rings is 1. The smallest absolute Gasteiger partial charge is 0.270 e. The molecule has 1 saturated heterocycles. The van der Waals surface area contributed by atoms with Crippen molar-refractivity contribution in [2.24, 2.45) is 0 Å². The van der Waals surface area contributed by atoms with Crippen LogP contribution in [-0.2, 0) is 6.54 Å². The maximum absolute atomic E-state index is 12.4. The largest absolute Gasteiger partial charge is 0.357 e. The van der Waals surface area contributed by atoms with Gasteiger partial charge in [0.05, 0.1) is 12.1 Å². The van der Waals surface area contributed by atoms with Crippen molar-refractivity contribution >= 4 is 22.6 Å². The van der Waals surface area contributed by atoms with Crippen LogP contribution in [0.5, 0.6) is 0 Å². The Hall–Kier alpha value is -3.02. The van der Waals surface area contributed by atoms with Gasteiger partial charge in [-0.1, -0.05) is 24.3 Å².